The van der Waals surface area contributed by atoms with Crippen molar-refractivity contribution in [3.8, 4) is 11.5 Å². The molecule has 7 heteroatoms. The molecule has 1 fully saturated rings. The molecule has 1 aliphatic rings. The second kappa shape index (κ2) is 11.0. The van der Waals surface area contributed by atoms with Crippen LogP contribution < -0.4 is 20.1 Å². The summed E-state index contributed by atoms with van der Waals surface area (Å²) in [4.78, 5) is 28.3. The number of likely N-dealkylation sites (tertiary alicyclic amines) is 1. The van der Waals surface area contributed by atoms with Gasteiger partial charge < -0.3 is 25.0 Å². The smallest absolute Gasteiger partial charge is 0.321 e. The Kier molecular flexibility index (Phi) is 7.55. The summed E-state index contributed by atoms with van der Waals surface area (Å²) in [6.07, 6.45) is 0.655. The molecule has 3 aromatic rings. The van der Waals surface area contributed by atoms with E-state index in [0.717, 1.165) is 11.1 Å². The van der Waals surface area contributed by atoms with Crippen molar-refractivity contribution in [1.29, 1.82) is 0 Å². The molecule has 7 nitrogen and oxygen atoms in total. The molecule has 1 aliphatic heterocycles. The van der Waals surface area contributed by atoms with Gasteiger partial charge in [-0.05, 0) is 43.2 Å². The van der Waals surface area contributed by atoms with E-state index in [1.54, 1.807) is 31.3 Å². The van der Waals surface area contributed by atoms with Crippen molar-refractivity contribution in [3.05, 3.63) is 83.9 Å². The van der Waals surface area contributed by atoms with Crippen LogP contribution in [0.15, 0.2) is 72.8 Å². The average Bonchev–Trinajstić information content (AvgIpc) is 2.88. The molecular weight excluding hydrogens is 442 g/mol. The normalized spacial score (nSPS) is 17.4. The lowest BCUT2D eigenvalue weighted by atomic mass is 9.83. The summed E-state index contributed by atoms with van der Waals surface area (Å²) >= 11 is 0. The maximum Gasteiger partial charge on any atom is 0.321 e. The number of aryl methyl sites for hydroxylation is 1. The number of anilines is 2. The van der Waals surface area contributed by atoms with E-state index in [9.17, 15) is 9.59 Å². The lowest BCUT2D eigenvalue weighted by molar-refractivity contribution is -0.121. The van der Waals surface area contributed by atoms with Gasteiger partial charge in [0.25, 0.3) is 0 Å². The Bertz CT molecular complexity index is 1130. The molecular formula is C28H31N3O4. The van der Waals surface area contributed by atoms with Crippen LogP contribution in [0.3, 0.4) is 0 Å². The quantitative estimate of drug-likeness (QED) is 0.510. The maximum absolute atomic E-state index is 13.3. The largest absolute Gasteiger partial charge is 0.497 e. The van der Waals surface area contributed by atoms with Crippen LogP contribution in [0, 0.1) is 12.8 Å². The van der Waals surface area contributed by atoms with Gasteiger partial charge in [0, 0.05) is 42.5 Å². The third-order valence-corrected chi connectivity index (χ3v) is 6.28. The number of nitrogens with zero attached hydrogens (tertiary/aromatic N) is 1. The van der Waals surface area contributed by atoms with Crippen molar-refractivity contribution in [2.24, 2.45) is 5.92 Å². The van der Waals surface area contributed by atoms with E-state index in [-0.39, 0.29) is 23.8 Å². The van der Waals surface area contributed by atoms with E-state index in [0.29, 0.717) is 42.4 Å². The Balaban J connectivity index is 1.54. The van der Waals surface area contributed by atoms with Crippen LogP contribution in [0.4, 0.5) is 16.2 Å². The summed E-state index contributed by atoms with van der Waals surface area (Å²) in [5, 5.41) is 5.95. The van der Waals surface area contributed by atoms with Crippen LogP contribution >= 0.6 is 0 Å². The predicted octanol–water partition coefficient (Wildman–Crippen LogP) is 5.29. The first kappa shape index (κ1) is 24.1. The molecule has 0 aliphatic carbocycles. The second-order valence-electron chi connectivity index (χ2n) is 8.83. The number of urea groups is 1. The summed E-state index contributed by atoms with van der Waals surface area (Å²) in [7, 11) is 3.18. The summed E-state index contributed by atoms with van der Waals surface area (Å²) in [6.45, 7) is 2.91. The molecule has 0 spiro atoms. The van der Waals surface area contributed by atoms with E-state index >= 15 is 0 Å². The van der Waals surface area contributed by atoms with E-state index in [4.69, 9.17) is 9.47 Å². The fourth-order valence-electron chi connectivity index (χ4n) is 4.47. The Morgan fingerprint density at radius 1 is 0.829 bits per heavy atom. The molecule has 1 heterocycles. The second-order valence-corrected chi connectivity index (χ2v) is 8.83. The minimum absolute atomic E-state index is 0.0424. The molecule has 0 saturated carbocycles. The Hall–Kier alpha value is -4.00. The van der Waals surface area contributed by atoms with Gasteiger partial charge >= 0.3 is 6.03 Å². The Labute approximate surface area is 206 Å². The van der Waals surface area contributed by atoms with Gasteiger partial charge in [-0.2, -0.15) is 0 Å². The number of piperidine rings is 1. The van der Waals surface area contributed by atoms with Crippen LogP contribution in [0.1, 0.15) is 23.5 Å². The van der Waals surface area contributed by atoms with E-state index < -0.39 is 0 Å². The number of methoxy groups -OCH3 is 2. The zero-order chi connectivity index (χ0) is 24.8. The van der Waals surface area contributed by atoms with E-state index in [1.807, 2.05) is 55.5 Å². The van der Waals surface area contributed by atoms with Crippen molar-refractivity contribution in [1.82, 2.24) is 4.90 Å². The predicted molar refractivity (Wildman–Crippen MR) is 137 cm³/mol. The third-order valence-electron chi connectivity index (χ3n) is 6.28. The highest BCUT2D eigenvalue weighted by atomic mass is 16.5. The molecule has 1 saturated heterocycles. The van der Waals surface area contributed by atoms with Gasteiger partial charge in [0.15, 0.2) is 0 Å². The van der Waals surface area contributed by atoms with E-state index in [1.165, 1.54) is 0 Å². The maximum atomic E-state index is 13.3. The van der Waals surface area contributed by atoms with Crippen molar-refractivity contribution in [2.45, 2.75) is 19.3 Å². The van der Waals surface area contributed by atoms with Gasteiger partial charge in [0.2, 0.25) is 5.91 Å². The molecule has 35 heavy (non-hydrogen) atoms. The number of ether oxygens (including phenoxy) is 2. The number of nitrogens with one attached hydrogen (secondary N) is 2. The third kappa shape index (κ3) is 6.12. The monoisotopic (exact) mass is 473 g/mol. The van der Waals surface area contributed by atoms with Crippen molar-refractivity contribution >= 4 is 23.3 Å². The zero-order valence-corrected chi connectivity index (χ0v) is 20.3. The topological polar surface area (TPSA) is 79.9 Å². The van der Waals surface area contributed by atoms with Crippen molar-refractivity contribution < 1.29 is 19.1 Å². The Morgan fingerprint density at radius 2 is 1.46 bits per heavy atom. The molecule has 0 bridgehead atoms. The number of rotatable bonds is 6. The minimum Gasteiger partial charge on any atom is -0.497 e. The average molecular weight is 474 g/mol. The number of hydrogen-bond acceptors (Lipinski definition) is 4. The summed E-state index contributed by atoms with van der Waals surface area (Å²) in [5.74, 6) is 0.894. The van der Waals surface area contributed by atoms with Crippen LogP contribution in [0.25, 0.3) is 0 Å². The minimum atomic E-state index is -0.364. The molecule has 0 aromatic heterocycles. The molecule has 0 radical (unpaired) electrons. The first-order valence-electron chi connectivity index (χ1n) is 11.7. The fourth-order valence-corrected chi connectivity index (χ4v) is 4.47. The summed E-state index contributed by atoms with van der Waals surface area (Å²) < 4.78 is 10.5. The van der Waals surface area contributed by atoms with Crippen LogP contribution in [-0.2, 0) is 4.79 Å². The van der Waals surface area contributed by atoms with Gasteiger partial charge in [-0.3, -0.25) is 4.79 Å². The van der Waals surface area contributed by atoms with Crippen molar-refractivity contribution in [2.75, 3.05) is 37.9 Å². The SMILES string of the molecule is COc1cccc(NC(=O)C2CC(c3cccc(C)c3)CN(C(=O)Nc3cccc(OC)c3)C2)c1. The highest BCUT2D eigenvalue weighted by Gasteiger charge is 2.35. The molecule has 182 valence electrons. The number of carbonyl (C=O) groups excluding carboxylic acids is 2. The van der Waals surface area contributed by atoms with Gasteiger partial charge in [0.1, 0.15) is 11.5 Å². The van der Waals surface area contributed by atoms with Gasteiger partial charge in [-0.1, -0.05) is 42.0 Å². The van der Waals surface area contributed by atoms with Crippen molar-refractivity contribution in [3.63, 3.8) is 0 Å². The molecule has 2 atom stereocenters. The van der Waals surface area contributed by atoms with Gasteiger partial charge in [0.05, 0.1) is 20.1 Å². The molecule has 4 rings (SSSR count). The molecule has 2 unspecified atom stereocenters. The zero-order valence-electron chi connectivity index (χ0n) is 20.3. The highest BCUT2D eigenvalue weighted by Crippen LogP contribution is 2.32. The molecule has 3 aromatic carbocycles. The van der Waals surface area contributed by atoms with Crippen LogP contribution in [0.2, 0.25) is 0 Å². The number of benzene rings is 3. The lowest BCUT2D eigenvalue weighted by Gasteiger charge is -2.37. The highest BCUT2D eigenvalue weighted by molar-refractivity contribution is 5.94. The summed E-state index contributed by atoms with van der Waals surface area (Å²) in [6, 6.07) is 22.5. The van der Waals surface area contributed by atoms with E-state index in [2.05, 4.69) is 22.8 Å². The number of carbonyl (C=O) groups is 2. The number of amides is 3. The van der Waals surface area contributed by atoms with Crippen LogP contribution in [0.5, 0.6) is 11.5 Å². The standard InChI is InChI=1S/C28H31N3O4/c1-19-7-4-8-20(13-19)21-14-22(27(32)29-23-9-5-11-25(15-23)34-2)18-31(17-21)28(33)30-24-10-6-12-26(16-24)35-3/h4-13,15-16,21-22H,14,17-18H2,1-3H3,(H,29,32)(H,30,33). The van der Waals surface area contributed by atoms with Gasteiger partial charge in [-0.25, -0.2) is 4.79 Å². The molecule has 2 N–H and O–H groups in total. The molecule has 3 amide bonds. The Morgan fingerprint density at radius 3 is 2.09 bits per heavy atom. The van der Waals surface area contributed by atoms with Crippen LogP contribution in [-0.4, -0.2) is 44.1 Å². The first-order chi connectivity index (χ1) is 16.9. The number of hydrogen-bond donors (Lipinski definition) is 2. The fraction of sp³-hybridized carbons (Fsp3) is 0.286. The summed E-state index contributed by atoms with van der Waals surface area (Å²) in [5.41, 5.74) is 3.59. The lowest BCUT2D eigenvalue weighted by Crippen LogP contribution is -2.48. The first-order valence-corrected chi connectivity index (χ1v) is 11.7. The van der Waals surface area contributed by atoms with Gasteiger partial charge in [-0.15, -0.1) is 0 Å².